The summed E-state index contributed by atoms with van der Waals surface area (Å²) in [6.45, 7) is 0.217. The third-order valence-corrected chi connectivity index (χ3v) is 4.09. The van der Waals surface area contributed by atoms with E-state index in [2.05, 4.69) is 10.5 Å². The fourth-order valence-corrected chi connectivity index (χ4v) is 2.78. The van der Waals surface area contributed by atoms with Gasteiger partial charge in [-0.3, -0.25) is 4.79 Å². The molecule has 0 fully saturated rings. The highest BCUT2D eigenvalue weighted by Crippen LogP contribution is 2.32. The number of carbonyl (C=O) groups excluding carboxylic acids is 1. The highest BCUT2D eigenvalue weighted by molar-refractivity contribution is 6.02. The van der Waals surface area contributed by atoms with Crippen LogP contribution in [0, 0.1) is 0 Å². The monoisotopic (exact) mass is 348 g/mol. The molecule has 0 saturated carbocycles. The number of carbonyl (C=O) groups is 1. The summed E-state index contributed by atoms with van der Waals surface area (Å²) in [6, 6.07) is 16.8. The number of methoxy groups -OCH3 is 1. The fraction of sp³-hybridized carbons (Fsp3) is 0.100. The van der Waals surface area contributed by atoms with E-state index in [4.69, 9.17) is 14.2 Å². The van der Waals surface area contributed by atoms with E-state index in [0.717, 1.165) is 16.3 Å². The lowest BCUT2D eigenvalue weighted by Gasteiger charge is -2.09. The maximum Gasteiger partial charge on any atom is 0.275 e. The molecule has 3 aromatic rings. The standard InChI is InChI=1S/C20H16N2O4/c1-24-18-10-15-5-3-2-4-14(15)9-16(18)20(23)22-21-11-13-6-7-17-19(8-13)26-12-25-17/h2-11H,12H2,1H3,(H,22,23)/b21-11+. The number of hydrogen-bond donors (Lipinski definition) is 1. The molecule has 0 spiro atoms. The van der Waals surface area contributed by atoms with E-state index < -0.39 is 0 Å². The molecule has 1 N–H and O–H groups in total. The zero-order valence-corrected chi connectivity index (χ0v) is 14.1. The number of hydrazone groups is 1. The van der Waals surface area contributed by atoms with Gasteiger partial charge < -0.3 is 14.2 Å². The molecule has 3 aromatic carbocycles. The summed E-state index contributed by atoms with van der Waals surface area (Å²) >= 11 is 0. The zero-order chi connectivity index (χ0) is 17.9. The third-order valence-electron chi connectivity index (χ3n) is 4.09. The molecule has 6 nitrogen and oxygen atoms in total. The highest BCUT2D eigenvalue weighted by atomic mass is 16.7. The van der Waals surface area contributed by atoms with Crippen LogP contribution in [0.15, 0.2) is 59.7 Å². The SMILES string of the molecule is COc1cc2ccccc2cc1C(=O)N/N=C/c1ccc2c(c1)OCO2. The van der Waals surface area contributed by atoms with Gasteiger partial charge in [0.05, 0.1) is 18.9 Å². The lowest BCUT2D eigenvalue weighted by Crippen LogP contribution is -2.18. The Hall–Kier alpha value is -3.54. The highest BCUT2D eigenvalue weighted by Gasteiger charge is 2.14. The first-order valence-corrected chi connectivity index (χ1v) is 8.04. The largest absolute Gasteiger partial charge is 0.496 e. The van der Waals surface area contributed by atoms with E-state index in [-0.39, 0.29) is 12.7 Å². The lowest BCUT2D eigenvalue weighted by atomic mass is 10.1. The topological polar surface area (TPSA) is 69.2 Å². The molecule has 0 aromatic heterocycles. The van der Waals surface area contributed by atoms with E-state index in [1.807, 2.05) is 36.4 Å². The third kappa shape index (κ3) is 3.04. The van der Waals surface area contributed by atoms with Gasteiger partial charge in [-0.1, -0.05) is 24.3 Å². The van der Waals surface area contributed by atoms with Crippen LogP contribution in [-0.2, 0) is 0 Å². The first kappa shape index (κ1) is 16.0. The lowest BCUT2D eigenvalue weighted by molar-refractivity contribution is 0.0952. The van der Waals surface area contributed by atoms with Crippen molar-refractivity contribution in [3.8, 4) is 17.2 Å². The summed E-state index contributed by atoms with van der Waals surface area (Å²) in [5.74, 6) is 1.52. The molecule has 4 rings (SSSR count). The molecule has 1 aliphatic heterocycles. The normalized spacial score (nSPS) is 12.5. The number of nitrogens with zero attached hydrogens (tertiary/aromatic N) is 1. The van der Waals surface area contributed by atoms with Crippen LogP contribution in [0.2, 0.25) is 0 Å². The fourth-order valence-electron chi connectivity index (χ4n) is 2.78. The Morgan fingerprint density at radius 2 is 1.85 bits per heavy atom. The van der Waals surface area contributed by atoms with Crippen molar-refractivity contribution in [3.63, 3.8) is 0 Å². The molecule has 0 saturated heterocycles. The Morgan fingerprint density at radius 3 is 2.65 bits per heavy atom. The maximum absolute atomic E-state index is 12.5. The number of fused-ring (bicyclic) bond motifs is 2. The maximum atomic E-state index is 12.5. The number of hydrogen-bond acceptors (Lipinski definition) is 5. The van der Waals surface area contributed by atoms with Gasteiger partial charge >= 0.3 is 0 Å². The zero-order valence-electron chi connectivity index (χ0n) is 14.1. The summed E-state index contributed by atoms with van der Waals surface area (Å²) in [5, 5.41) is 5.98. The molecule has 6 heteroatoms. The van der Waals surface area contributed by atoms with Crippen LogP contribution in [0.5, 0.6) is 17.2 Å². The average Bonchev–Trinajstić information content (AvgIpc) is 3.14. The Kier molecular flexibility index (Phi) is 4.15. The molecule has 0 bridgehead atoms. The molecule has 1 heterocycles. The van der Waals surface area contributed by atoms with Gasteiger partial charge in [-0.2, -0.15) is 5.10 Å². The molecule has 0 radical (unpaired) electrons. The van der Waals surface area contributed by atoms with Crippen molar-refractivity contribution in [3.05, 3.63) is 65.7 Å². The van der Waals surface area contributed by atoms with Crippen LogP contribution in [0.3, 0.4) is 0 Å². The van der Waals surface area contributed by atoms with Gasteiger partial charge in [0.15, 0.2) is 11.5 Å². The van der Waals surface area contributed by atoms with E-state index in [1.165, 1.54) is 7.11 Å². The van der Waals surface area contributed by atoms with Crippen molar-refractivity contribution in [2.75, 3.05) is 13.9 Å². The van der Waals surface area contributed by atoms with Gasteiger partial charge in [-0.15, -0.1) is 0 Å². The minimum atomic E-state index is -0.343. The van der Waals surface area contributed by atoms with Crippen LogP contribution in [0.25, 0.3) is 10.8 Å². The minimum absolute atomic E-state index is 0.217. The Labute approximate surface area is 150 Å². The molecule has 130 valence electrons. The number of ether oxygens (including phenoxy) is 3. The second kappa shape index (κ2) is 6.76. The van der Waals surface area contributed by atoms with Crippen molar-refractivity contribution >= 4 is 22.9 Å². The Morgan fingerprint density at radius 1 is 1.08 bits per heavy atom. The first-order valence-electron chi connectivity index (χ1n) is 8.04. The average molecular weight is 348 g/mol. The van der Waals surface area contributed by atoms with Crippen LogP contribution in [-0.4, -0.2) is 26.0 Å². The van der Waals surface area contributed by atoms with Crippen molar-refractivity contribution in [2.45, 2.75) is 0 Å². The number of nitrogens with one attached hydrogen (secondary N) is 1. The molecule has 26 heavy (non-hydrogen) atoms. The number of amides is 1. The first-order chi connectivity index (χ1) is 12.7. The summed E-state index contributed by atoms with van der Waals surface area (Å²) < 4.78 is 15.9. The van der Waals surface area contributed by atoms with Crippen molar-refractivity contribution in [2.24, 2.45) is 5.10 Å². The van der Waals surface area contributed by atoms with Gasteiger partial charge in [0.2, 0.25) is 6.79 Å². The van der Waals surface area contributed by atoms with Crippen LogP contribution in [0.4, 0.5) is 0 Å². The molecule has 1 amide bonds. The number of benzene rings is 3. The van der Waals surface area contributed by atoms with Gasteiger partial charge in [0.25, 0.3) is 5.91 Å². The quantitative estimate of drug-likeness (QED) is 0.580. The molecule has 0 unspecified atom stereocenters. The molecule has 0 atom stereocenters. The molecule has 0 aliphatic carbocycles. The van der Waals surface area contributed by atoms with Crippen molar-refractivity contribution in [1.82, 2.24) is 5.43 Å². The summed E-state index contributed by atoms with van der Waals surface area (Å²) in [7, 11) is 1.54. The van der Waals surface area contributed by atoms with Crippen molar-refractivity contribution < 1.29 is 19.0 Å². The van der Waals surface area contributed by atoms with E-state index >= 15 is 0 Å². The van der Waals surface area contributed by atoms with Crippen LogP contribution in [0.1, 0.15) is 15.9 Å². The van der Waals surface area contributed by atoms with Gasteiger partial charge in [0.1, 0.15) is 5.75 Å². The predicted molar refractivity (Wildman–Crippen MR) is 98.1 cm³/mol. The summed E-state index contributed by atoms with van der Waals surface area (Å²) in [4.78, 5) is 12.5. The van der Waals surface area contributed by atoms with Gasteiger partial charge in [-0.25, -0.2) is 5.43 Å². The van der Waals surface area contributed by atoms with E-state index in [1.54, 1.807) is 24.4 Å². The van der Waals surface area contributed by atoms with Crippen LogP contribution < -0.4 is 19.6 Å². The van der Waals surface area contributed by atoms with Gasteiger partial charge in [0, 0.05) is 0 Å². The second-order valence-electron chi connectivity index (χ2n) is 5.71. The molecule has 1 aliphatic rings. The summed E-state index contributed by atoms with van der Waals surface area (Å²) in [5.41, 5.74) is 3.75. The Bertz CT molecular complexity index is 1010. The van der Waals surface area contributed by atoms with Crippen molar-refractivity contribution in [1.29, 1.82) is 0 Å². The van der Waals surface area contributed by atoms with E-state index in [9.17, 15) is 4.79 Å². The smallest absolute Gasteiger partial charge is 0.275 e. The second-order valence-corrected chi connectivity index (χ2v) is 5.71. The predicted octanol–water partition coefficient (Wildman–Crippen LogP) is 3.34. The molecular weight excluding hydrogens is 332 g/mol. The minimum Gasteiger partial charge on any atom is -0.496 e. The number of rotatable bonds is 4. The van der Waals surface area contributed by atoms with E-state index in [0.29, 0.717) is 22.8 Å². The molecular formula is C20H16N2O4. The Balaban J connectivity index is 1.53. The summed E-state index contributed by atoms with van der Waals surface area (Å²) in [6.07, 6.45) is 1.55. The van der Waals surface area contributed by atoms with Gasteiger partial charge in [-0.05, 0) is 46.7 Å². The van der Waals surface area contributed by atoms with Crippen LogP contribution >= 0.6 is 0 Å².